The molecule has 0 aliphatic heterocycles. The predicted octanol–water partition coefficient (Wildman–Crippen LogP) is 5.11. The van der Waals surface area contributed by atoms with Gasteiger partial charge >= 0.3 is 0 Å². The summed E-state index contributed by atoms with van der Waals surface area (Å²) < 4.78 is 17.2. The van der Waals surface area contributed by atoms with Crippen LogP contribution in [0.1, 0.15) is 32.8 Å². The van der Waals surface area contributed by atoms with Gasteiger partial charge in [-0.05, 0) is 49.4 Å². The van der Waals surface area contributed by atoms with Gasteiger partial charge in [0.05, 0.1) is 13.2 Å². The number of carbonyl (C=O) groups excluding carboxylic acids is 1. The maximum absolute atomic E-state index is 12.8. The molecule has 3 rings (SSSR count). The Morgan fingerprint density at radius 2 is 1.70 bits per heavy atom. The minimum absolute atomic E-state index is 0.0565. The second-order valence-electron chi connectivity index (χ2n) is 7.36. The monoisotopic (exact) mass is 407 g/mol. The van der Waals surface area contributed by atoms with Crippen molar-refractivity contribution < 1.29 is 19.0 Å². The number of hydrogen-bond acceptors (Lipinski definition) is 4. The lowest BCUT2D eigenvalue weighted by atomic mass is 10.1. The average molecular weight is 408 g/mol. The van der Waals surface area contributed by atoms with Crippen LogP contribution in [0.15, 0.2) is 60.7 Å². The minimum Gasteiger partial charge on any atom is -0.493 e. The van der Waals surface area contributed by atoms with E-state index in [0.29, 0.717) is 30.2 Å². The summed E-state index contributed by atoms with van der Waals surface area (Å²) in [6, 6.07) is 19.5. The first kappa shape index (κ1) is 21.5. The number of benzene rings is 3. The molecule has 3 aromatic rings. The van der Waals surface area contributed by atoms with Gasteiger partial charge in [-0.2, -0.15) is 0 Å². The van der Waals surface area contributed by atoms with Crippen molar-refractivity contribution in [1.29, 1.82) is 0 Å². The van der Waals surface area contributed by atoms with E-state index in [0.717, 1.165) is 16.3 Å². The molecule has 0 fully saturated rings. The number of rotatable bonds is 9. The van der Waals surface area contributed by atoms with Crippen molar-refractivity contribution in [2.24, 2.45) is 0 Å². The summed E-state index contributed by atoms with van der Waals surface area (Å²) in [6.07, 6.45) is 0.0572. The van der Waals surface area contributed by atoms with Gasteiger partial charge in [0.25, 0.3) is 5.91 Å². The van der Waals surface area contributed by atoms with Gasteiger partial charge in [-0.1, -0.05) is 49.4 Å². The fourth-order valence-electron chi connectivity index (χ4n) is 3.25. The summed E-state index contributed by atoms with van der Waals surface area (Å²) in [6.45, 7) is 6.26. The van der Waals surface area contributed by atoms with E-state index >= 15 is 0 Å². The van der Waals surface area contributed by atoms with Crippen molar-refractivity contribution in [3.63, 3.8) is 0 Å². The molecule has 1 N–H and O–H groups in total. The van der Waals surface area contributed by atoms with Crippen molar-refractivity contribution >= 4 is 16.7 Å². The molecule has 1 atom stereocenters. The van der Waals surface area contributed by atoms with Crippen LogP contribution in [0.5, 0.6) is 17.2 Å². The number of hydrogen-bond donors (Lipinski definition) is 1. The SMILES string of the molecule is CC[C@H](Oc1cccc2ccccc12)C(=O)NCc1ccc(OC(C)C)c(OC)c1. The molecule has 0 bridgehead atoms. The van der Waals surface area contributed by atoms with Crippen LogP contribution in [0.25, 0.3) is 10.8 Å². The van der Waals surface area contributed by atoms with E-state index in [2.05, 4.69) is 5.32 Å². The fraction of sp³-hybridized carbons (Fsp3) is 0.320. The number of ether oxygens (including phenoxy) is 3. The quantitative estimate of drug-likeness (QED) is 0.536. The van der Waals surface area contributed by atoms with Crippen molar-refractivity contribution in [1.82, 2.24) is 5.32 Å². The maximum Gasteiger partial charge on any atom is 0.261 e. The molecule has 0 aliphatic carbocycles. The highest BCUT2D eigenvalue weighted by atomic mass is 16.5. The lowest BCUT2D eigenvalue weighted by Gasteiger charge is -2.19. The summed E-state index contributed by atoms with van der Waals surface area (Å²) in [5.74, 6) is 1.90. The molecular weight excluding hydrogens is 378 g/mol. The number of fused-ring (bicyclic) bond motifs is 1. The second kappa shape index (κ2) is 10.0. The van der Waals surface area contributed by atoms with E-state index in [1.807, 2.05) is 81.4 Å². The highest BCUT2D eigenvalue weighted by Crippen LogP contribution is 2.29. The van der Waals surface area contributed by atoms with Gasteiger partial charge < -0.3 is 19.5 Å². The van der Waals surface area contributed by atoms with E-state index in [1.54, 1.807) is 7.11 Å². The average Bonchev–Trinajstić information content (AvgIpc) is 2.76. The summed E-state index contributed by atoms with van der Waals surface area (Å²) in [5.41, 5.74) is 0.927. The van der Waals surface area contributed by atoms with Crippen LogP contribution in [-0.4, -0.2) is 25.2 Å². The molecule has 0 aliphatic rings. The summed E-state index contributed by atoms with van der Waals surface area (Å²) in [4.78, 5) is 12.8. The van der Waals surface area contributed by atoms with Gasteiger partial charge in [0.2, 0.25) is 0 Å². The highest BCUT2D eigenvalue weighted by Gasteiger charge is 2.19. The van der Waals surface area contributed by atoms with Crippen LogP contribution in [0.4, 0.5) is 0 Å². The highest BCUT2D eigenvalue weighted by molar-refractivity contribution is 5.89. The number of methoxy groups -OCH3 is 1. The zero-order valence-corrected chi connectivity index (χ0v) is 18.0. The van der Waals surface area contributed by atoms with E-state index in [-0.39, 0.29) is 12.0 Å². The number of carbonyl (C=O) groups is 1. The second-order valence-corrected chi connectivity index (χ2v) is 7.36. The van der Waals surface area contributed by atoms with Gasteiger partial charge in [-0.3, -0.25) is 4.79 Å². The Hall–Kier alpha value is -3.21. The molecule has 0 saturated heterocycles. The molecule has 5 heteroatoms. The summed E-state index contributed by atoms with van der Waals surface area (Å²) >= 11 is 0. The molecule has 158 valence electrons. The summed E-state index contributed by atoms with van der Waals surface area (Å²) in [7, 11) is 1.61. The number of nitrogens with one attached hydrogen (secondary N) is 1. The van der Waals surface area contributed by atoms with Crippen molar-refractivity contribution in [2.45, 2.75) is 45.9 Å². The molecule has 0 aromatic heterocycles. The Morgan fingerprint density at radius 1 is 0.933 bits per heavy atom. The maximum atomic E-state index is 12.8. The Balaban J connectivity index is 1.67. The zero-order valence-electron chi connectivity index (χ0n) is 18.0. The summed E-state index contributed by atoms with van der Waals surface area (Å²) in [5, 5.41) is 5.05. The van der Waals surface area contributed by atoms with E-state index in [4.69, 9.17) is 14.2 Å². The first-order valence-electron chi connectivity index (χ1n) is 10.3. The van der Waals surface area contributed by atoms with Gasteiger partial charge in [0, 0.05) is 11.9 Å². The van der Waals surface area contributed by atoms with E-state index in [9.17, 15) is 4.79 Å². The topological polar surface area (TPSA) is 56.8 Å². The molecule has 1 amide bonds. The predicted molar refractivity (Wildman–Crippen MR) is 119 cm³/mol. The van der Waals surface area contributed by atoms with Crippen molar-refractivity contribution in [3.8, 4) is 17.2 Å². The van der Waals surface area contributed by atoms with E-state index < -0.39 is 6.10 Å². The molecule has 5 nitrogen and oxygen atoms in total. The largest absolute Gasteiger partial charge is 0.493 e. The van der Waals surface area contributed by atoms with Crippen LogP contribution in [0, 0.1) is 0 Å². The first-order chi connectivity index (χ1) is 14.5. The normalized spacial score (nSPS) is 11.9. The van der Waals surface area contributed by atoms with Crippen molar-refractivity contribution in [3.05, 3.63) is 66.2 Å². The van der Waals surface area contributed by atoms with Crippen LogP contribution >= 0.6 is 0 Å². The number of amides is 1. The standard InChI is InChI=1S/C25H29NO4/c1-5-21(30-22-12-8-10-19-9-6-7-11-20(19)22)25(27)26-16-18-13-14-23(29-17(2)3)24(15-18)28-4/h6-15,17,21H,5,16H2,1-4H3,(H,26,27)/t21-/m0/s1. The third-order valence-electron chi connectivity index (χ3n) is 4.74. The first-order valence-corrected chi connectivity index (χ1v) is 10.3. The third-order valence-corrected chi connectivity index (χ3v) is 4.74. The van der Waals surface area contributed by atoms with Crippen molar-refractivity contribution in [2.75, 3.05) is 7.11 Å². The molecule has 0 radical (unpaired) electrons. The third kappa shape index (κ3) is 5.23. The smallest absolute Gasteiger partial charge is 0.261 e. The van der Waals surface area contributed by atoms with Crippen LogP contribution < -0.4 is 19.5 Å². The molecule has 0 heterocycles. The lowest BCUT2D eigenvalue weighted by molar-refractivity contribution is -0.128. The molecule has 0 saturated carbocycles. The molecular formula is C25H29NO4. The van der Waals surface area contributed by atoms with Crippen LogP contribution in [-0.2, 0) is 11.3 Å². The minimum atomic E-state index is -0.568. The Labute approximate surface area is 178 Å². The zero-order chi connectivity index (χ0) is 21.5. The van der Waals surface area contributed by atoms with Gasteiger partial charge in [-0.25, -0.2) is 0 Å². The van der Waals surface area contributed by atoms with Crippen LogP contribution in [0.3, 0.4) is 0 Å². The Morgan fingerprint density at radius 3 is 2.43 bits per heavy atom. The molecule has 0 unspecified atom stereocenters. The van der Waals surface area contributed by atoms with Gasteiger partial charge in [0.15, 0.2) is 17.6 Å². The van der Waals surface area contributed by atoms with Gasteiger partial charge in [-0.15, -0.1) is 0 Å². The molecule has 30 heavy (non-hydrogen) atoms. The Bertz CT molecular complexity index is 994. The van der Waals surface area contributed by atoms with E-state index in [1.165, 1.54) is 0 Å². The molecule has 3 aromatic carbocycles. The fourth-order valence-corrected chi connectivity index (χ4v) is 3.25. The lowest BCUT2D eigenvalue weighted by Crippen LogP contribution is -2.37. The molecule has 0 spiro atoms. The van der Waals surface area contributed by atoms with Crippen LogP contribution in [0.2, 0.25) is 0 Å². The van der Waals surface area contributed by atoms with Gasteiger partial charge in [0.1, 0.15) is 5.75 Å². The Kier molecular flexibility index (Phi) is 7.17.